The number of alkyl halides is 3. The van der Waals surface area contributed by atoms with E-state index in [1.165, 1.54) is 12.1 Å². The molecular weight excluding hydrogens is 329 g/mol. The number of hydrogen-bond acceptors (Lipinski definition) is 2. The molecule has 1 fully saturated rings. The summed E-state index contributed by atoms with van der Waals surface area (Å²) in [6, 6.07) is 3.31. The fourth-order valence-corrected chi connectivity index (χ4v) is 2.66. The van der Waals surface area contributed by atoms with Gasteiger partial charge in [0.1, 0.15) is 0 Å². The molecule has 7 heteroatoms. The van der Waals surface area contributed by atoms with Gasteiger partial charge in [0.25, 0.3) is 0 Å². The molecule has 1 aromatic rings. The zero-order valence-electron chi connectivity index (χ0n) is 9.54. The first-order valence-electron chi connectivity index (χ1n) is 5.46. The van der Waals surface area contributed by atoms with Crippen LogP contribution in [-0.4, -0.2) is 16.2 Å². The van der Waals surface area contributed by atoms with Crippen LogP contribution in [0.25, 0.3) is 0 Å². The van der Waals surface area contributed by atoms with E-state index in [1.54, 1.807) is 0 Å². The summed E-state index contributed by atoms with van der Waals surface area (Å²) in [6.45, 7) is 0. The predicted octanol–water partition coefficient (Wildman–Crippen LogP) is 3.15. The van der Waals surface area contributed by atoms with Crippen molar-refractivity contribution < 1.29 is 28.2 Å². The standard InChI is InChI=1S/C12H10BrF3O3/c13-7-1-2-8(12(14,15)16)9(3-7)11(19)4-6(5-11)10(17)18/h1-3,6,19H,4-5H2,(H,17,18). The number of carboxylic acids is 1. The quantitative estimate of drug-likeness (QED) is 0.870. The van der Waals surface area contributed by atoms with Crippen molar-refractivity contribution >= 4 is 21.9 Å². The largest absolute Gasteiger partial charge is 0.481 e. The van der Waals surface area contributed by atoms with Gasteiger partial charge in [0.2, 0.25) is 0 Å². The first-order valence-corrected chi connectivity index (χ1v) is 6.25. The van der Waals surface area contributed by atoms with E-state index in [4.69, 9.17) is 5.11 Å². The Morgan fingerprint density at radius 2 is 1.95 bits per heavy atom. The Morgan fingerprint density at radius 3 is 2.42 bits per heavy atom. The molecule has 0 aromatic heterocycles. The van der Waals surface area contributed by atoms with Crippen molar-refractivity contribution in [1.29, 1.82) is 0 Å². The topological polar surface area (TPSA) is 57.5 Å². The first-order chi connectivity index (χ1) is 8.63. The molecule has 2 N–H and O–H groups in total. The highest BCUT2D eigenvalue weighted by molar-refractivity contribution is 9.10. The van der Waals surface area contributed by atoms with Gasteiger partial charge < -0.3 is 10.2 Å². The van der Waals surface area contributed by atoms with Crippen molar-refractivity contribution in [2.24, 2.45) is 5.92 Å². The Kier molecular flexibility index (Phi) is 3.38. The average Bonchev–Trinajstić information content (AvgIpc) is 2.22. The van der Waals surface area contributed by atoms with Crippen LogP contribution < -0.4 is 0 Å². The minimum atomic E-state index is -4.58. The molecule has 0 radical (unpaired) electrons. The lowest BCUT2D eigenvalue weighted by atomic mass is 9.66. The van der Waals surface area contributed by atoms with Crippen molar-refractivity contribution in [3.05, 3.63) is 33.8 Å². The third-order valence-corrected chi connectivity index (χ3v) is 3.80. The second kappa shape index (κ2) is 4.49. The Labute approximate surface area is 115 Å². The fraction of sp³-hybridized carbons (Fsp3) is 0.417. The number of rotatable bonds is 2. The maximum Gasteiger partial charge on any atom is 0.416 e. The Bertz CT molecular complexity index is 521. The predicted molar refractivity (Wildman–Crippen MR) is 63.4 cm³/mol. The van der Waals surface area contributed by atoms with Gasteiger partial charge >= 0.3 is 12.1 Å². The number of aliphatic hydroxyl groups is 1. The second-order valence-electron chi connectivity index (χ2n) is 4.66. The number of halogens is 4. The van der Waals surface area contributed by atoms with E-state index < -0.39 is 29.2 Å². The molecular formula is C12H10BrF3O3. The van der Waals surface area contributed by atoms with Crippen LogP contribution in [0.2, 0.25) is 0 Å². The smallest absolute Gasteiger partial charge is 0.416 e. The SMILES string of the molecule is O=C(O)C1CC(O)(c2cc(Br)ccc2C(F)(F)F)C1. The molecule has 1 aromatic carbocycles. The van der Waals surface area contributed by atoms with Crippen molar-refractivity contribution in [2.75, 3.05) is 0 Å². The number of hydrogen-bond donors (Lipinski definition) is 2. The summed E-state index contributed by atoms with van der Waals surface area (Å²) in [6.07, 6.45) is -5.00. The minimum absolute atomic E-state index is 0.206. The molecule has 0 spiro atoms. The fourth-order valence-electron chi connectivity index (χ4n) is 2.30. The molecule has 0 aliphatic heterocycles. The highest BCUT2D eigenvalue weighted by atomic mass is 79.9. The monoisotopic (exact) mass is 338 g/mol. The van der Waals surface area contributed by atoms with E-state index >= 15 is 0 Å². The lowest BCUT2D eigenvalue weighted by Gasteiger charge is -2.43. The number of carboxylic acid groups (broad SMARTS) is 1. The van der Waals surface area contributed by atoms with E-state index in [2.05, 4.69) is 15.9 Å². The van der Waals surface area contributed by atoms with Crippen LogP contribution in [0.1, 0.15) is 24.0 Å². The van der Waals surface area contributed by atoms with Gasteiger partial charge in [0.05, 0.1) is 17.1 Å². The van der Waals surface area contributed by atoms with E-state index in [0.29, 0.717) is 4.47 Å². The van der Waals surface area contributed by atoms with E-state index in [0.717, 1.165) is 6.07 Å². The number of aliphatic carboxylic acids is 1. The molecule has 0 bridgehead atoms. The highest BCUT2D eigenvalue weighted by Gasteiger charge is 2.51. The van der Waals surface area contributed by atoms with Crippen LogP contribution in [0.15, 0.2) is 22.7 Å². The van der Waals surface area contributed by atoms with Crippen LogP contribution >= 0.6 is 15.9 Å². The van der Waals surface area contributed by atoms with Gasteiger partial charge in [0.15, 0.2) is 0 Å². The van der Waals surface area contributed by atoms with Crippen LogP contribution in [0.3, 0.4) is 0 Å². The Hall–Kier alpha value is -1.08. The van der Waals surface area contributed by atoms with E-state index in [-0.39, 0.29) is 18.4 Å². The van der Waals surface area contributed by atoms with Crippen LogP contribution in [-0.2, 0) is 16.6 Å². The Morgan fingerprint density at radius 1 is 1.37 bits per heavy atom. The minimum Gasteiger partial charge on any atom is -0.481 e. The van der Waals surface area contributed by atoms with Crippen LogP contribution in [0, 0.1) is 5.92 Å². The van der Waals surface area contributed by atoms with Crippen LogP contribution in [0.5, 0.6) is 0 Å². The zero-order chi connectivity index (χ0) is 14.4. The van der Waals surface area contributed by atoms with Gasteiger partial charge in [0, 0.05) is 4.47 Å². The molecule has 1 saturated carbocycles. The average molecular weight is 339 g/mol. The molecule has 1 aliphatic rings. The summed E-state index contributed by atoms with van der Waals surface area (Å²) in [4.78, 5) is 10.7. The summed E-state index contributed by atoms with van der Waals surface area (Å²) in [5, 5.41) is 18.9. The van der Waals surface area contributed by atoms with Gasteiger partial charge in [-0.25, -0.2) is 0 Å². The lowest BCUT2D eigenvalue weighted by Crippen LogP contribution is -2.45. The molecule has 104 valence electrons. The normalized spacial score (nSPS) is 26.9. The molecule has 0 amide bonds. The van der Waals surface area contributed by atoms with Crippen LogP contribution in [0.4, 0.5) is 13.2 Å². The summed E-state index contributed by atoms with van der Waals surface area (Å²) in [5.41, 5.74) is -2.92. The van der Waals surface area contributed by atoms with Gasteiger partial charge in [-0.3, -0.25) is 4.79 Å². The molecule has 19 heavy (non-hydrogen) atoms. The molecule has 1 aliphatic carbocycles. The third kappa shape index (κ3) is 2.62. The summed E-state index contributed by atoms with van der Waals surface area (Å²) >= 11 is 3.06. The van der Waals surface area contributed by atoms with Gasteiger partial charge in [-0.15, -0.1) is 0 Å². The lowest BCUT2D eigenvalue weighted by molar-refractivity contribution is -0.162. The van der Waals surface area contributed by atoms with Crippen molar-refractivity contribution in [1.82, 2.24) is 0 Å². The highest BCUT2D eigenvalue weighted by Crippen LogP contribution is 2.49. The van der Waals surface area contributed by atoms with Gasteiger partial charge in [-0.05, 0) is 36.6 Å². The molecule has 2 rings (SSSR count). The van der Waals surface area contributed by atoms with Gasteiger partial charge in [-0.1, -0.05) is 15.9 Å². The zero-order valence-corrected chi connectivity index (χ0v) is 11.1. The molecule has 0 saturated heterocycles. The summed E-state index contributed by atoms with van der Waals surface area (Å²) in [7, 11) is 0. The molecule has 0 atom stereocenters. The van der Waals surface area contributed by atoms with Crippen molar-refractivity contribution in [3.63, 3.8) is 0 Å². The summed E-state index contributed by atoms with van der Waals surface area (Å²) in [5.74, 6) is -1.90. The third-order valence-electron chi connectivity index (χ3n) is 3.31. The van der Waals surface area contributed by atoms with E-state index in [9.17, 15) is 23.1 Å². The number of benzene rings is 1. The van der Waals surface area contributed by atoms with Gasteiger partial charge in [-0.2, -0.15) is 13.2 Å². The maximum atomic E-state index is 12.9. The maximum absolute atomic E-state index is 12.9. The van der Waals surface area contributed by atoms with E-state index in [1.807, 2.05) is 0 Å². The summed E-state index contributed by atoms with van der Waals surface area (Å²) < 4.78 is 39.1. The molecule has 3 nitrogen and oxygen atoms in total. The molecule has 0 unspecified atom stereocenters. The first kappa shape index (κ1) is 14.3. The molecule has 0 heterocycles. The number of carbonyl (C=O) groups is 1. The second-order valence-corrected chi connectivity index (χ2v) is 5.58. The van der Waals surface area contributed by atoms with Crippen molar-refractivity contribution in [3.8, 4) is 0 Å². The Balaban J connectivity index is 2.40. The van der Waals surface area contributed by atoms with Crippen molar-refractivity contribution in [2.45, 2.75) is 24.6 Å².